The van der Waals surface area contributed by atoms with E-state index in [0.717, 1.165) is 42.6 Å². The fourth-order valence-electron chi connectivity index (χ4n) is 4.44. The molecule has 0 fully saturated rings. The third-order valence-electron chi connectivity index (χ3n) is 6.06. The molecule has 4 rings (SSSR count). The second kappa shape index (κ2) is 8.58. The Morgan fingerprint density at radius 1 is 1.00 bits per heavy atom. The van der Waals surface area contributed by atoms with Gasteiger partial charge in [0.25, 0.3) is 0 Å². The fraction of sp³-hybridized carbons (Fsp3) is 0.321. The number of aromatic carboxylic acids is 1. The van der Waals surface area contributed by atoms with Gasteiger partial charge >= 0.3 is 5.97 Å². The lowest BCUT2D eigenvalue weighted by atomic mass is 9.85. The van der Waals surface area contributed by atoms with Gasteiger partial charge in [-0.25, -0.2) is 4.79 Å². The van der Waals surface area contributed by atoms with E-state index in [-0.39, 0.29) is 5.60 Å². The van der Waals surface area contributed by atoms with Crippen LogP contribution in [0.25, 0.3) is 11.1 Å². The number of rotatable bonds is 6. The summed E-state index contributed by atoms with van der Waals surface area (Å²) in [6.45, 7) is 6.69. The van der Waals surface area contributed by atoms with Gasteiger partial charge in [-0.2, -0.15) is 0 Å². The van der Waals surface area contributed by atoms with Crippen LogP contribution in [0.4, 0.5) is 0 Å². The molecule has 1 N–H and O–H groups in total. The summed E-state index contributed by atoms with van der Waals surface area (Å²) in [5.41, 5.74) is 5.90. The molecule has 0 saturated carbocycles. The number of aryl methyl sites for hydroxylation is 1. The van der Waals surface area contributed by atoms with Crippen LogP contribution in [0, 0.1) is 5.92 Å². The number of fused-ring (bicyclic) bond motifs is 1. The van der Waals surface area contributed by atoms with Crippen molar-refractivity contribution in [3.8, 4) is 16.9 Å². The van der Waals surface area contributed by atoms with Gasteiger partial charge in [0.05, 0.1) is 5.56 Å². The molecule has 1 heterocycles. The minimum absolute atomic E-state index is 0.274. The van der Waals surface area contributed by atoms with Crippen LogP contribution < -0.4 is 4.74 Å². The van der Waals surface area contributed by atoms with Crippen molar-refractivity contribution < 1.29 is 14.6 Å². The fourth-order valence-corrected chi connectivity index (χ4v) is 4.44. The number of ether oxygens (including phenoxy) is 1. The minimum Gasteiger partial charge on any atom is -0.486 e. The van der Waals surface area contributed by atoms with E-state index in [0.29, 0.717) is 11.5 Å². The smallest absolute Gasteiger partial charge is 0.335 e. The molecular weight excluding hydrogens is 384 g/mol. The monoisotopic (exact) mass is 414 g/mol. The first-order valence-corrected chi connectivity index (χ1v) is 11.1. The first kappa shape index (κ1) is 21.2. The molecule has 160 valence electrons. The summed E-state index contributed by atoms with van der Waals surface area (Å²) in [4.78, 5) is 11.2. The normalized spacial score (nSPS) is 17.8. The summed E-state index contributed by atoms with van der Waals surface area (Å²) in [5, 5.41) is 9.18. The van der Waals surface area contributed by atoms with Gasteiger partial charge < -0.3 is 9.84 Å². The molecule has 3 nitrogen and oxygen atoms in total. The molecule has 3 heteroatoms. The second-order valence-corrected chi connectivity index (χ2v) is 9.32. The van der Waals surface area contributed by atoms with Gasteiger partial charge in [0, 0.05) is 12.0 Å². The van der Waals surface area contributed by atoms with Crippen LogP contribution >= 0.6 is 0 Å². The first-order chi connectivity index (χ1) is 14.8. The summed E-state index contributed by atoms with van der Waals surface area (Å²) >= 11 is 0. The Labute approximate surface area is 184 Å². The predicted octanol–water partition coefficient (Wildman–Crippen LogP) is 6.58. The molecule has 0 aliphatic carbocycles. The van der Waals surface area contributed by atoms with Crippen molar-refractivity contribution in [2.75, 3.05) is 0 Å². The number of hydrogen-bond acceptors (Lipinski definition) is 2. The van der Waals surface area contributed by atoms with E-state index in [1.807, 2.05) is 12.1 Å². The van der Waals surface area contributed by atoms with E-state index >= 15 is 0 Å². The SMILES string of the molecule is CC(C)Cc1ccc(CC2(C)CCc3cccc(-c4ccc(C(=O)O)cc4)c3O2)cc1. The van der Waals surface area contributed by atoms with Crippen molar-refractivity contribution in [3.05, 3.63) is 89.0 Å². The molecular formula is C28H30O3. The molecule has 0 amide bonds. The lowest BCUT2D eigenvalue weighted by Crippen LogP contribution is -2.38. The quantitative estimate of drug-likeness (QED) is 0.496. The molecule has 0 saturated heterocycles. The third-order valence-corrected chi connectivity index (χ3v) is 6.06. The van der Waals surface area contributed by atoms with Crippen molar-refractivity contribution >= 4 is 5.97 Å². The Balaban J connectivity index is 1.58. The summed E-state index contributed by atoms with van der Waals surface area (Å²) in [7, 11) is 0. The van der Waals surface area contributed by atoms with Crippen LogP contribution in [-0.2, 0) is 19.3 Å². The Morgan fingerprint density at radius 2 is 1.68 bits per heavy atom. The zero-order chi connectivity index (χ0) is 22.0. The molecule has 1 aliphatic heterocycles. The molecule has 0 radical (unpaired) electrons. The molecule has 0 spiro atoms. The second-order valence-electron chi connectivity index (χ2n) is 9.32. The van der Waals surface area contributed by atoms with Crippen molar-refractivity contribution in [1.29, 1.82) is 0 Å². The van der Waals surface area contributed by atoms with Crippen molar-refractivity contribution in [3.63, 3.8) is 0 Å². The Bertz CT molecular complexity index is 1060. The highest BCUT2D eigenvalue weighted by atomic mass is 16.5. The molecule has 0 bridgehead atoms. The van der Waals surface area contributed by atoms with Gasteiger partial charge in [0.15, 0.2) is 0 Å². The number of hydrogen-bond donors (Lipinski definition) is 1. The predicted molar refractivity (Wildman–Crippen MR) is 125 cm³/mol. The van der Waals surface area contributed by atoms with Crippen LogP contribution in [0.15, 0.2) is 66.7 Å². The first-order valence-electron chi connectivity index (χ1n) is 11.1. The molecule has 1 atom stereocenters. The Kier molecular flexibility index (Phi) is 5.86. The summed E-state index contributed by atoms with van der Waals surface area (Å²) in [5.74, 6) is 0.671. The van der Waals surface area contributed by atoms with Gasteiger partial charge in [-0.15, -0.1) is 0 Å². The topological polar surface area (TPSA) is 46.5 Å². The average molecular weight is 415 g/mol. The van der Waals surface area contributed by atoms with Gasteiger partial charge in [-0.3, -0.25) is 0 Å². The molecule has 31 heavy (non-hydrogen) atoms. The highest BCUT2D eigenvalue weighted by Gasteiger charge is 2.33. The zero-order valence-electron chi connectivity index (χ0n) is 18.5. The molecule has 3 aromatic rings. The lowest BCUT2D eigenvalue weighted by molar-refractivity contribution is 0.0661. The van der Waals surface area contributed by atoms with Gasteiger partial charge in [0.2, 0.25) is 0 Å². The van der Waals surface area contributed by atoms with Crippen LogP contribution in [-0.4, -0.2) is 16.7 Å². The van der Waals surface area contributed by atoms with E-state index in [9.17, 15) is 9.90 Å². The number of para-hydroxylation sites is 1. The maximum Gasteiger partial charge on any atom is 0.335 e. The number of carbonyl (C=O) groups is 1. The summed E-state index contributed by atoms with van der Waals surface area (Å²) in [6.07, 6.45) is 3.90. The number of carboxylic acids is 1. The maximum atomic E-state index is 11.2. The largest absolute Gasteiger partial charge is 0.486 e. The molecule has 3 aromatic carbocycles. The zero-order valence-corrected chi connectivity index (χ0v) is 18.5. The van der Waals surface area contributed by atoms with E-state index in [4.69, 9.17) is 4.74 Å². The summed E-state index contributed by atoms with van der Waals surface area (Å²) < 4.78 is 6.67. The van der Waals surface area contributed by atoms with Gasteiger partial charge in [-0.05, 0) is 66.5 Å². The summed E-state index contributed by atoms with van der Waals surface area (Å²) in [6, 6.07) is 22.2. The van der Waals surface area contributed by atoms with E-state index in [1.54, 1.807) is 12.1 Å². The van der Waals surface area contributed by atoms with Gasteiger partial charge in [0.1, 0.15) is 11.4 Å². The minimum atomic E-state index is -0.912. The van der Waals surface area contributed by atoms with Crippen molar-refractivity contribution in [1.82, 2.24) is 0 Å². The average Bonchev–Trinajstić information content (AvgIpc) is 2.74. The van der Waals surface area contributed by atoms with Crippen LogP contribution in [0.2, 0.25) is 0 Å². The van der Waals surface area contributed by atoms with E-state index < -0.39 is 5.97 Å². The highest BCUT2D eigenvalue weighted by molar-refractivity contribution is 5.88. The maximum absolute atomic E-state index is 11.2. The van der Waals surface area contributed by atoms with Crippen LogP contribution in [0.3, 0.4) is 0 Å². The van der Waals surface area contributed by atoms with E-state index in [2.05, 4.69) is 63.2 Å². The van der Waals surface area contributed by atoms with Gasteiger partial charge in [-0.1, -0.05) is 68.4 Å². The van der Waals surface area contributed by atoms with Crippen LogP contribution in [0.1, 0.15) is 54.2 Å². The molecule has 1 unspecified atom stereocenters. The third kappa shape index (κ3) is 4.82. The Morgan fingerprint density at radius 3 is 2.32 bits per heavy atom. The van der Waals surface area contributed by atoms with Crippen molar-refractivity contribution in [2.45, 2.75) is 52.1 Å². The standard InChI is InChI=1S/C28H30O3/c1-19(2)17-20-7-9-21(10-8-20)18-28(3)16-15-23-5-4-6-25(26(23)31-28)22-11-13-24(14-12-22)27(29)30/h4-14,19H,15-18H2,1-3H3,(H,29,30). The molecule has 1 aliphatic rings. The van der Waals surface area contributed by atoms with Crippen LogP contribution in [0.5, 0.6) is 5.75 Å². The van der Waals surface area contributed by atoms with Crippen molar-refractivity contribution in [2.24, 2.45) is 5.92 Å². The Hall–Kier alpha value is -3.07. The number of carboxylic acid groups (broad SMARTS) is 1. The number of benzene rings is 3. The lowest BCUT2D eigenvalue weighted by Gasteiger charge is -2.37. The molecule has 0 aromatic heterocycles. The van der Waals surface area contributed by atoms with E-state index in [1.165, 1.54) is 16.7 Å². The highest BCUT2D eigenvalue weighted by Crippen LogP contribution is 2.42.